The first-order valence-electron chi connectivity index (χ1n) is 8.54. The van der Waals surface area contributed by atoms with E-state index in [1.54, 1.807) is 12.1 Å². The fraction of sp³-hybridized carbons (Fsp3) is 0.211. The van der Waals surface area contributed by atoms with Gasteiger partial charge in [0.25, 0.3) is 11.8 Å². The quantitative estimate of drug-likeness (QED) is 0.540. The predicted molar refractivity (Wildman–Crippen MR) is 108 cm³/mol. The molecule has 1 atom stereocenters. The number of nitrogens with one attached hydrogen (secondary N) is 1. The van der Waals surface area contributed by atoms with Crippen LogP contribution in [0.1, 0.15) is 27.6 Å². The van der Waals surface area contributed by atoms with Crippen LogP contribution < -0.4 is 5.32 Å². The minimum absolute atomic E-state index is 0.102. The lowest BCUT2D eigenvalue weighted by Gasteiger charge is -2.22. The molecule has 0 fully saturated rings. The zero-order valence-corrected chi connectivity index (χ0v) is 17.6. The molecule has 2 aromatic carbocycles. The molecule has 0 spiro atoms. The van der Waals surface area contributed by atoms with Crippen LogP contribution in [0.3, 0.4) is 0 Å². The van der Waals surface area contributed by atoms with Crippen molar-refractivity contribution in [2.24, 2.45) is 0 Å². The van der Waals surface area contributed by atoms with Crippen LogP contribution in [0.5, 0.6) is 0 Å². The Morgan fingerprint density at radius 2 is 1.69 bits per heavy atom. The molecule has 0 radical (unpaired) electrons. The van der Waals surface area contributed by atoms with Gasteiger partial charge in [0.05, 0.1) is 0 Å². The van der Waals surface area contributed by atoms with E-state index in [4.69, 9.17) is 25.1 Å². The van der Waals surface area contributed by atoms with E-state index in [0.29, 0.717) is 16.1 Å². The van der Waals surface area contributed by atoms with E-state index in [9.17, 15) is 9.36 Å². The summed E-state index contributed by atoms with van der Waals surface area (Å²) in [5, 5.41) is 11.0. The first kappa shape index (κ1) is 21.2. The smallest absolute Gasteiger partial charge is 0.361 e. The Morgan fingerprint density at radius 1 is 1.07 bits per heavy atom. The topological polar surface area (TPSA) is 104 Å². The largest absolute Gasteiger partial charge is 0.418 e. The number of hydrogen-bond acceptors (Lipinski definition) is 7. The molecule has 0 saturated heterocycles. The van der Waals surface area contributed by atoms with Gasteiger partial charge in [-0.1, -0.05) is 29.3 Å². The highest BCUT2D eigenvalue weighted by atomic mass is 35.5. The third-order valence-corrected chi connectivity index (χ3v) is 6.42. The molecule has 3 rings (SSSR count). The van der Waals surface area contributed by atoms with Crippen molar-refractivity contribution >= 4 is 25.1 Å². The van der Waals surface area contributed by atoms with Crippen molar-refractivity contribution in [1.82, 2.24) is 15.5 Å². The van der Waals surface area contributed by atoms with Crippen molar-refractivity contribution in [3.8, 4) is 11.5 Å². The fourth-order valence-corrected chi connectivity index (χ4v) is 3.87. The summed E-state index contributed by atoms with van der Waals surface area (Å²) in [6.45, 7) is 1.96. The Balaban J connectivity index is 1.94. The van der Waals surface area contributed by atoms with Gasteiger partial charge >= 0.3 is 7.60 Å². The number of nitrogens with zero attached hydrogens (tertiary/aromatic N) is 2. The number of amides is 1. The molecule has 1 aromatic heterocycles. The van der Waals surface area contributed by atoms with Gasteiger partial charge < -0.3 is 18.8 Å². The summed E-state index contributed by atoms with van der Waals surface area (Å²) in [5.74, 6) is -1.72. The summed E-state index contributed by atoms with van der Waals surface area (Å²) in [4.78, 5) is 12.7. The number of carbonyl (C=O) groups excluding carboxylic acids is 1. The third-order valence-electron chi connectivity index (χ3n) is 4.17. The summed E-state index contributed by atoms with van der Waals surface area (Å²) in [5.41, 5.74) is 2.06. The molecule has 1 amide bonds. The molecule has 10 heteroatoms. The molecular formula is C19H19ClN3O5P. The molecule has 0 aliphatic carbocycles. The van der Waals surface area contributed by atoms with Crippen molar-refractivity contribution in [2.75, 3.05) is 14.2 Å². The molecule has 0 bridgehead atoms. The van der Waals surface area contributed by atoms with Gasteiger partial charge in [-0.15, -0.1) is 10.2 Å². The van der Waals surface area contributed by atoms with Gasteiger partial charge in [0, 0.05) is 30.4 Å². The van der Waals surface area contributed by atoms with Gasteiger partial charge in [0.15, 0.2) is 0 Å². The summed E-state index contributed by atoms with van der Waals surface area (Å²) >= 11 is 5.86. The van der Waals surface area contributed by atoms with E-state index in [1.165, 1.54) is 26.4 Å². The number of rotatable bonds is 7. The molecule has 1 heterocycles. The summed E-state index contributed by atoms with van der Waals surface area (Å²) in [6, 6.07) is 13.6. The number of halogens is 1. The minimum atomic E-state index is -3.84. The van der Waals surface area contributed by atoms with Crippen molar-refractivity contribution in [3.63, 3.8) is 0 Å². The van der Waals surface area contributed by atoms with Crippen LogP contribution in [0.15, 0.2) is 52.9 Å². The molecule has 0 aliphatic rings. The first-order chi connectivity index (χ1) is 13.9. The van der Waals surface area contributed by atoms with Crippen molar-refractivity contribution in [2.45, 2.75) is 12.7 Å². The van der Waals surface area contributed by atoms with Gasteiger partial charge in [-0.3, -0.25) is 9.36 Å². The Hall–Kier alpha value is -2.51. The van der Waals surface area contributed by atoms with E-state index >= 15 is 0 Å². The van der Waals surface area contributed by atoms with Crippen LogP contribution in [-0.2, 0) is 13.6 Å². The molecule has 0 saturated carbocycles. The van der Waals surface area contributed by atoms with E-state index in [2.05, 4.69) is 15.5 Å². The van der Waals surface area contributed by atoms with Gasteiger partial charge in [0.2, 0.25) is 11.7 Å². The molecular weight excluding hydrogens is 417 g/mol. The van der Waals surface area contributed by atoms with E-state index in [0.717, 1.165) is 5.56 Å². The molecule has 1 N–H and O–H groups in total. The molecule has 152 valence electrons. The lowest BCUT2D eigenvalue weighted by Crippen LogP contribution is -2.29. The maximum Gasteiger partial charge on any atom is 0.361 e. The second-order valence-corrected chi connectivity index (χ2v) is 8.86. The molecule has 0 aliphatic heterocycles. The van der Waals surface area contributed by atoms with Crippen LogP contribution in [0, 0.1) is 6.92 Å². The molecule has 8 nitrogen and oxygen atoms in total. The highest BCUT2D eigenvalue weighted by Gasteiger charge is 2.41. The van der Waals surface area contributed by atoms with E-state index in [-0.39, 0.29) is 11.8 Å². The number of benzene rings is 2. The van der Waals surface area contributed by atoms with E-state index in [1.807, 2.05) is 31.2 Å². The minimum Gasteiger partial charge on any atom is -0.418 e. The van der Waals surface area contributed by atoms with Crippen molar-refractivity contribution in [3.05, 3.63) is 70.6 Å². The SMILES string of the molecule is COP(=O)(OC)C(NC(=O)c1ccc(Cl)cc1)c1nnc(-c2ccc(C)cc2)o1. The predicted octanol–water partition coefficient (Wildman–Crippen LogP) is 4.61. The Labute approximate surface area is 172 Å². The first-order valence-corrected chi connectivity index (χ1v) is 10.5. The highest BCUT2D eigenvalue weighted by molar-refractivity contribution is 7.54. The summed E-state index contributed by atoms with van der Waals surface area (Å²) < 4.78 is 28.9. The average molecular weight is 436 g/mol. The van der Waals surface area contributed by atoms with Gasteiger partial charge in [0.1, 0.15) is 0 Å². The van der Waals surface area contributed by atoms with Gasteiger partial charge in [-0.05, 0) is 43.3 Å². The van der Waals surface area contributed by atoms with Crippen LogP contribution in [0.2, 0.25) is 5.02 Å². The number of aryl methyl sites for hydroxylation is 1. The fourth-order valence-electron chi connectivity index (χ4n) is 2.53. The molecule has 1 unspecified atom stereocenters. The number of aromatic nitrogens is 2. The number of hydrogen-bond donors (Lipinski definition) is 1. The second-order valence-electron chi connectivity index (χ2n) is 6.10. The zero-order valence-electron chi connectivity index (χ0n) is 16.0. The van der Waals surface area contributed by atoms with Gasteiger partial charge in [-0.25, -0.2) is 0 Å². The van der Waals surface area contributed by atoms with Crippen LogP contribution in [0.25, 0.3) is 11.5 Å². The monoisotopic (exact) mass is 435 g/mol. The molecule has 3 aromatic rings. The molecule has 29 heavy (non-hydrogen) atoms. The van der Waals surface area contributed by atoms with Crippen LogP contribution in [-0.4, -0.2) is 30.3 Å². The van der Waals surface area contributed by atoms with Crippen molar-refractivity contribution in [1.29, 1.82) is 0 Å². The average Bonchev–Trinajstić information content (AvgIpc) is 3.22. The zero-order chi connectivity index (χ0) is 21.0. The summed E-state index contributed by atoms with van der Waals surface area (Å²) in [7, 11) is -1.41. The third kappa shape index (κ3) is 4.74. The Morgan fingerprint density at radius 3 is 2.28 bits per heavy atom. The maximum absolute atomic E-state index is 13.1. The Bertz CT molecular complexity index is 1030. The Kier molecular flexibility index (Phi) is 6.49. The number of carbonyl (C=O) groups is 1. The van der Waals surface area contributed by atoms with Crippen LogP contribution >= 0.6 is 19.2 Å². The van der Waals surface area contributed by atoms with Crippen LogP contribution in [0.4, 0.5) is 0 Å². The standard InChI is InChI=1S/C19H19ClN3O5P/c1-12-4-6-14(7-5-12)17-22-23-18(28-17)19(29(25,26-2)27-3)21-16(24)13-8-10-15(20)11-9-13/h4-11,19H,1-3H3,(H,21,24). The maximum atomic E-state index is 13.1. The lowest BCUT2D eigenvalue weighted by atomic mass is 10.1. The van der Waals surface area contributed by atoms with Crippen molar-refractivity contribution < 1.29 is 22.8 Å². The summed E-state index contributed by atoms with van der Waals surface area (Å²) in [6.07, 6.45) is 0. The highest BCUT2D eigenvalue weighted by Crippen LogP contribution is 2.58. The van der Waals surface area contributed by atoms with Gasteiger partial charge in [-0.2, -0.15) is 0 Å². The van der Waals surface area contributed by atoms with E-state index < -0.39 is 19.3 Å². The second kappa shape index (κ2) is 8.88. The normalized spacial score (nSPS) is 12.6. The lowest BCUT2D eigenvalue weighted by molar-refractivity contribution is 0.0935.